The number of hydrogen-bond donors (Lipinski definition) is 3. The van der Waals surface area contributed by atoms with Crippen LogP contribution in [0.25, 0.3) is 11.0 Å². The third-order valence-corrected chi connectivity index (χ3v) is 3.16. The van der Waals surface area contributed by atoms with Crippen molar-refractivity contribution in [1.29, 1.82) is 0 Å². The molecule has 0 saturated carbocycles. The molecule has 1 atom stereocenters. The molecule has 0 bridgehead atoms. The van der Waals surface area contributed by atoms with Crippen molar-refractivity contribution in [3.63, 3.8) is 0 Å². The number of imidazole rings is 1. The molecule has 1 unspecified atom stereocenters. The summed E-state index contributed by atoms with van der Waals surface area (Å²) >= 11 is 4.91. The Morgan fingerprint density at radius 2 is 2.05 bits per heavy atom. The molecule has 3 amide bonds. The minimum Gasteiger partial charge on any atom is -0.393 e. The number of nitrogens with two attached hydrogens (primary N) is 2. The van der Waals surface area contributed by atoms with Crippen molar-refractivity contribution in [2.45, 2.75) is 19.4 Å². The Morgan fingerprint density at radius 3 is 2.67 bits per heavy atom. The normalized spacial score (nSPS) is 12.0. The Labute approximate surface area is 126 Å². The number of primary amides is 1. The molecule has 2 aromatic rings. The summed E-state index contributed by atoms with van der Waals surface area (Å²) in [7, 11) is 0. The van der Waals surface area contributed by atoms with Crippen LogP contribution < -0.4 is 16.8 Å². The smallest absolute Gasteiger partial charge is 0.318 e. The highest BCUT2D eigenvalue weighted by atomic mass is 32.1. The summed E-state index contributed by atoms with van der Waals surface area (Å²) in [5.74, 6) is 0.0469. The first-order valence-electron chi connectivity index (χ1n) is 6.24. The number of hydrogen-bond acceptors (Lipinski definition) is 4. The van der Waals surface area contributed by atoms with E-state index in [0.29, 0.717) is 5.82 Å². The van der Waals surface area contributed by atoms with E-state index >= 15 is 0 Å². The topological polar surface area (TPSA) is 116 Å². The molecule has 5 N–H and O–H groups in total. The second-order valence-electron chi connectivity index (χ2n) is 4.56. The molecule has 110 valence electrons. The lowest BCUT2D eigenvalue weighted by Crippen LogP contribution is -2.39. The number of aromatic nitrogens is 2. The van der Waals surface area contributed by atoms with Crippen molar-refractivity contribution in [2.75, 3.05) is 0 Å². The number of fused-ring (bicyclic) bond motifs is 1. The summed E-state index contributed by atoms with van der Waals surface area (Å²) in [5.41, 5.74) is 12.0. The van der Waals surface area contributed by atoms with Gasteiger partial charge in [0.15, 0.2) is 0 Å². The molecule has 0 radical (unpaired) electrons. The number of carbonyl (C=O) groups is 2. The van der Waals surface area contributed by atoms with E-state index in [-0.39, 0.29) is 11.4 Å². The first-order chi connectivity index (χ1) is 9.90. The Bertz CT molecular complexity index is 724. The largest absolute Gasteiger partial charge is 0.393 e. The second kappa shape index (κ2) is 5.88. The molecular weight excluding hydrogens is 290 g/mol. The maximum atomic E-state index is 12.0. The van der Waals surface area contributed by atoms with Crippen LogP contribution in [0.4, 0.5) is 4.79 Å². The third-order valence-electron chi connectivity index (χ3n) is 3.01. The van der Waals surface area contributed by atoms with Crippen molar-refractivity contribution in [1.82, 2.24) is 14.9 Å². The molecule has 1 heterocycles. The van der Waals surface area contributed by atoms with E-state index in [9.17, 15) is 9.59 Å². The third kappa shape index (κ3) is 3.16. The van der Waals surface area contributed by atoms with Gasteiger partial charge < -0.3 is 16.0 Å². The standard InChI is InChI=1S/C13H15N5O2S/c1-7(12(19)17-13(15)20)18-9-5-3-2-4-8(9)16-11(18)6-10(14)21/h2-5,7H,6H2,1H3,(H2,14,21)(H3,15,17,19,20). The minimum atomic E-state index is -0.896. The zero-order valence-corrected chi connectivity index (χ0v) is 12.2. The predicted molar refractivity (Wildman–Crippen MR) is 82.7 cm³/mol. The number of nitrogens with one attached hydrogen (secondary N) is 1. The molecule has 1 aromatic carbocycles. The van der Waals surface area contributed by atoms with Crippen molar-refractivity contribution in [3.05, 3.63) is 30.1 Å². The first kappa shape index (κ1) is 14.9. The van der Waals surface area contributed by atoms with E-state index < -0.39 is 18.0 Å². The monoisotopic (exact) mass is 305 g/mol. The van der Waals surface area contributed by atoms with Crippen LogP contribution in [-0.4, -0.2) is 26.5 Å². The highest BCUT2D eigenvalue weighted by Crippen LogP contribution is 2.21. The molecule has 0 aliphatic carbocycles. The lowest BCUT2D eigenvalue weighted by Gasteiger charge is -2.16. The molecule has 2 rings (SSSR count). The van der Waals surface area contributed by atoms with Crippen LogP contribution in [0.3, 0.4) is 0 Å². The number of thiocarbonyl (C=S) groups is 1. The van der Waals surface area contributed by atoms with Crippen LogP contribution in [0.2, 0.25) is 0 Å². The molecule has 21 heavy (non-hydrogen) atoms. The van der Waals surface area contributed by atoms with Gasteiger partial charge >= 0.3 is 6.03 Å². The van der Waals surface area contributed by atoms with Gasteiger partial charge in [-0.2, -0.15) is 0 Å². The van der Waals surface area contributed by atoms with E-state index in [1.807, 2.05) is 24.3 Å². The SMILES string of the molecule is CC(C(=O)NC(N)=O)n1c(CC(N)=S)nc2ccccc21. The van der Waals surface area contributed by atoms with Crippen LogP contribution in [0.1, 0.15) is 18.8 Å². The highest BCUT2D eigenvalue weighted by molar-refractivity contribution is 7.80. The molecule has 0 saturated heterocycles. The van der Waals surface area contributed by atoms with E-state index in [0.717, 1.165) is 11.0 Å². The van der Waals surface area contributed by atoms with Gasteiger partial charge in [0, 0.05) is 0 Å². The average molecular weight is 305 g/mol. The van der Waals surface area contributed by atoms with Crippen LogP contribution >= 0.6 is 12.2 Å². The number of para-hydroxylation sites is 2. The van der Waals surface area contributed by atoms with Gasteiger partial charge in [-0.25, -0.2) is 9.78 Å². The average Bonchev–Trinajstić information content (AvgIpc) is 2.73. The number of carbonyl (C=O) groups excluding carboxylic acids is 2. The summed E-state index contributed by atoms with van der Waals surface area (Å²) in [5, 5.41) is 2.06. The van der Waals surface area contributed by atoms with Crippen molar-refractivity contribution in [3.8, 4) is 0 Å². The zero-order chi connectivity index (χ0) is 15.6. The Morgan fingerprint density at radius 1 is 1.38 bits per heavy atom. The van der Waals surface area contributed by atoms with Gasteiger partial charge in [-0.1, -0.05) is 24.4 Å². The lowest BCUT2D eigenvalue weighted by atomic mass is 10.2. The lowest BCUT2D eigenvalue weighted by molar-refractivity contribution is -0.122. The number of rotatable bonds is 4. The van der Waals surface area contributed by atoms with Crippen LogP contribution in [0.5, 0.6) is 0 Å². The van der Waals surface area contributed by atoms with E-state index in [1.165, 1.54) is 0 Å². The molecule has 0 fully saturated rings. The number of urea groups is 1. The van der Waals surface area contributed by atoms with Crippen molar-refractivity contribution in [2.24, 2.45) is 11.5 Å². The molecule has 8 heteroatoms. The summed E-state index contributed by atoms with van der Waals surface area (Å²) < 4.78 is 1.70. The Hall–Kier alpha value is -2.48. The summed E-state index contributed by atoms with van der Waals surface area (Å²) in [6.45, 7) is 1.65. The second-order valence-corrected chi connectivity index (χ2v) is 5.08. The molecule has 0 spiro atoms. The van der Waals surface area contributed by atoms with Crippen LogP contribution in [0.15, 0.2) is 24.3 Å². The van der Waals surface area contributed by atoms with Gasteiger partial charge in [0.25, 0.3) is 5.91 Å². The maximum absolute atomic E-state index is 12.0. The van der Waals surface area contributed by atoms with Crippen LogP contribution in [-0.2, 0) is 11.2 Å². The molecule has 0 aliphatic heterocycles. The molecule has 7 nitrogen and oxygen atoms in total. The van der Waals surface area contributed by atoms with Gasteiger partial charge in [0.2, 0.25) is 0 Å². The van der Waals surface area contributed by atoms with E-state index in [4.69, 9.17) is 23.7 Å². The van der Waals surface area contributed by atoms with E-state index in [1.54, 1.807) is 11.5 Å². The molecule has 0 aliphatic rings. The number of nitrogens with zero attached hydrogens (tertiary/aromatic N) is 2. The molecule has 1 aromatic heterocycles. The van der Waals surface area contributed by atoms with Crippen molar-refractivity contribution < 1.29 is 9.59 Å². The van der Waals surface area contributed by atoms with Gasteiger partial charge in [-0.15, -0.1) is 0 Å². The quantitative estimate of drug-likeness (QED) is 0.716. The summed E-state index contributed by atoms with van der Waals surface area (Å²) in [6, 6.07) is 5.77. The fraction of sp³-hybridized carbons (Fsp3) is 0.231. The van der Waals surface area contributed by atoms with Crippen molar-refractivity contribution >= 4 is 40.2 Å². The zero-order valence-electron chi connectivity index (χ0n) is 11.4. The van der Waals surface area contributed by atoms with Gasteiger partial charge in [-0.05, 0) is 19.1 Å². The summed E-state index contributed by atoms with van der Waals surface area (Å²) in [6.07, 6.45) is 0.262. The number of imide groups is 1. The fourth-order valence-electron chi connectivity index (χ4n) is 2.15. The fourth-order valence-corrected chi connectivity index (χ4v) is 2.28. The number of benzene rings is 1. The van der Waals surface area contributed by atoms with Gasteiger partial charge in [0.05, 0.1) is 22.4 Å². The minimum absolute atomic E-state index is 0.262. The maximum Gasteiger partial charge on any atom is 0.318 e. The molecular formula is C13H15N5O2S. The van der Waals surface area contributed by atoms with Gasteiger partial charge in [0.1, 0.15) is 11.9 Å². The Kier molecular flexibility index (Phi) is 4.18. The first-order valence-corrected chi connectivity index (χ1v) is 6.65. The van der Waals surface area contributed by atoms with Gasteiger partial charge in [-0.3, -0.25) is 10.1 Å². The predicted octanol–water partition coefficient (Wildman–Crippen LogP) is 0.621. The van der Waals surface area contributed by atoms with Crippen LogP contribution in [0, 0.1) is 0 Å². The van der Waals surface area contributed by atoms with E-state index in [2.05, 4.69) is 10.3 Å². The Balaban J connectivity index is 2.51. The summed E-state index contributed by atoms with van der Waals surface area (Å²) in [4.78, 5) is 27.6. The number of amides is 3. The highest BCUT2D eigenvalue weighted by Gasteiger charge is 2.22.